The molecule has 108 valence electrons. The number of hydrogen-bond donors (Lipinski definition) is 1. The molecule has 0 bridgehead atoms. The largest absolute Gasteiger partial charge is 0.368 e. The van der Waals surface area contributed by atoms with Crippen molar-refractivity contribution in [1.82, 2.24) is 9.88 Å². The summed E-state index contributed by atoms with van der Waals surface area (Å²) >= 11 is 0. The lowest BCUT2D eigenvalue weighted by Gasteiger charge is -2.47. The Kier molecular flexibility index (Phi) is 3.52. The fourth-order valence-electron chi connectivity index (χ4n) is 2.98. The van der Waals surface area contributed by atoms with Gasteiger partial charge in [-0.3, -0.25) is 0 Å². The fraction of sp³-hybridized carbons (Fsp3) is 0.412. The van der Waals surface area contributed by atoms with Gasteiger partial charge in [0.15, 0.2) is 0 Å². The van der Waals surface area contributed by atoms with Crippen LogP contribution >= 0.6 is 0 Å². The maximum absolute atomic E-state index is 9.32. The van der Waals surface area contributed by atoms with Crippen molar-refractivity contribution in [2.24, 2.45) is 0 Å². The van der Waals surface area contributed by atoms with E-state index in [9.17, 15) is 5.26 Å². The molecule has 1 aromatic carbocycles. The number of para-hydroxylation sites is 1. The summed E-state index contributed by atoms with van der Waals surface area (Å²) in [5.74, 6) is 0.790. The van der Waals surface area contributed by atoms with Crippen LogP contribution < -0.4 is 5.32 Å². The number of hydrogen-bond acceptors (Lipinski definition) is 4. The normalized spacial score (nSPS) is 16.5. The summed E-state index contributed by atoms with van der Waals surface area (Å²) in [5, 5.41) is 13.7. The molecule has 1 aliphatic rings. The molecule has 1 aromatic heterocycles. The molecule has 0 atom stereocenters. The maximum atomic E-state index is 9.32. The van der Waals surface area contributed by atoms with Crippen LogP contribution in [0.3, 0.4) is 0 Å². The van der Waals surface area contributed by atoms with Gasteiger partial charge in [0, 0.05) is 17.5 Å². The molecule has 1 fully saturated rings. The first-order valence-corrected chi connectivity index (χ1v) is 7.36. The number of likely N-dealkylation sites (N-methyl/N-ethyl adjacent to an activating group) is 1. The summed E-state index contributed by atoms with van der Waals surface area (Å²) in [6, 6.07) is 11.9. The van der Waals surface area contributed by atoms with Gasteiger partial charge in [0.25, 0.3) is 0 Å². The van der Waals surface area contributed by atoms with E-state index in [0.717, 1.165) is 23.3 Å². The summed E-state index contributed by atoms with van der Waals surface area (Å²) in [6.07, 6.45) is 3.71. The van der Waals surface area contributed by atoms with Crippen molar-refractivity contribution in [3.63, 3.8) is 0 Å². The molecular weight excluding hydrogens is 260 g/mol. The minimum Gasteiger partial charge on any atom is -0.368 e. The minimum atomic E-state index is 0.236. The van der Waals surface area contributed by atoms with E-state index in [1.165, 1.54) is 19.3 Å². The Bertz CT molecular complexity index is 695. The molecule has 0 unspecified atom stereocenters. The predicted octanol–water partition coefficient (Wildman–Crippen LogP) is 3.00. The highest BCUT2D eigenvalue weighted by Gasteiger charge is 2.38. The average Bonchev–Trinajstić information content (AvgIpc) is 2.44. The van der Waals surface area contributed by atoms with Crippen LogP contribution in [0.5, 0.6) is 0 Å². The predicted molar refractivity (Wildman–Crippen MR) is 85.2 cm³/mol. The first-order valence-electron chi connectivity index (χ1n) is 7.36. The molecule has 21 heavy (non-hydrogen) atoms. The Hall–Kier alpha value is -2.12. The molecule has 4 heteroatoms. The van der Waals surface area contributed by atoms with Gasteiger partial charge in [-0.25, -0.2) is 4.98 Å². The molecule has 0 saturated heterocycles. The zero-order valence-corrected chi connectivity index (χ0v) is 12.6. The van der Waals surface area contributed by atoms with Gasteiger partial charge in [0.1, 0.15) is 5.82 Å². The van der Waals surface area contributed by atoms with Crippen LogP contribution in [-0.2, 0) is 0 Å². The minimum absolute atomic E-state index is 0.236. The molecule has 0 radical (unpaired) electrons. The second kappa shape index (κ2) is 5.34. The Morgan fingerprint density at radius 3 is 2.71 bits per heavy atom. The number of rotatable bonds is 4. The number of nitrogens with zero attached hydrogens (tertiary/aromatic N) is 3. The smallest absolute Gasteiger partial charge is 0.128 e. The Morgan fingerprint density at radius 2 is 2.10 bits per heavy atom. The fourth-order valence-corrected chi connectivity index (χ4v) is 2.98. The third kappa shape index (κ3) is 2.45. The molecule has 1 N–H and O–H groups in total. The monoisotopic (exact) mass is 280 g/mol. The standard InChI is InChI=1S/C17H20N4/c1-21(2)17(8-5-9-17)12-19-16-10-13(11-18)14-6-3-4-7-15(14)20-16/h3-4,6-7,10H,5,8-9,12H2,1-2H3,(H,19,20). The van der Waals surface area contributed by atoms with Gasteiger partial charge >= 0.3 is 0 Å². The van der Waals surface area contributed by atoms with Crippen LogP contribution in [-0.4, -0.2) is 36.1 Å². The Morgan fingerprint density at radius 1 is 1.33 bits per heavy atom. The number of aromatic nitrogens is 1. The van der Waals surface area contributed by atoms with Gasteiger partial charge in [-0.05, 0) is 45.5 Å². The topological polar surface area (TPSA) is 52.0 Å². The lowest BCUT2D eigenvalue weighted by molar-refractivity contribution is 0.0738. The molecular formula is C17H20N4. The van der Waals surface area contributed by atoms with E-state index >= 15 is 0 Å². The van der Waals surface area contributed by atoms with Crippen molar-refractivity contribution in [2.45, 2.75) is 24.8 Å². The number of fused-ring (bicyclic) bond motifs is 1. The number of nitriles is 1. The van der Waals surface area contributed by atoms with E-state index in [4.69, 9.17) is 0 Å². The summed E-state index contributed by atoms with van der Waals surface area (Å²) in [6.45, 7) is 0.871. The van der Waals surface area contributed by atoms with E-state index < -0.39 is 0 Å². The van der Waals surface area contributed by atoms with Crippen molar-refractivity contribution >= 4 is 16.7 Å². The summed E-state index contributed by atoms with van der Waals surface area (Å²) in [5.41, 5.74) is 1.78. The van der Waals surface area contributed by atoms with E-state index in [1.54, 1.807) is 0 Å². The molecule has 0 aliphatic heterocycles. The highest BCUT2D eigenvalue weighted by molar-refractivity contribution is 5.86. The van der Waals surface area contributed by atoms with Crippen molar-refractivity contribution in [1.29, 1.82) is 5.26 Å². The molecule has 1 saturated carbocycles. The first kappa shape index (κ1) is 13.8. The number of nitrogens with one attached hydrogen (secondary N) is 1. The molecule has 2 aromatic rings. The SMILES string of the molecule is CN(C)C1(CNc2cc(C#N)c3ccccc3n2)CCC1. The lowest BCUT2D eigenvalue weighted by atomic mass is 9.75. The van der Waals surface area contributed by atoms with Gasteiger partial charge in [-0.1, -0.05) is 18.2 Å². The van der Waals surface area contributed by atoms with Gasteiger partial charge in [0.2, 0.25) is 0 Å². The third-order valence-electron chi connectivity index (χ3n) is 4.67. The third-order valence-corrected chi connectivity index (χ3v) is 4.67. The van der Waals surface area contributed by atoms with E-state index in [2.05, 4.69) is 35.4 Å². The number of anilines is 1. The van der Waals surface area contributed by atoms with Gasteiger partial charge in [-0.2, -0.15) is 5.26 Å². The maximum Gasteiger partial charge on any atom is 0.128 e. The summed E-state index contributed by atoms with van der Waals surface area (Å²) in [7, 11) is 4.27. The Labute approximate surface area is 125 Å². The van der Waals surface area contributed by atoms with Gasteiger partial charge in [-0.15, -0.1) is 0 Å². The van der Waals surface area contributed by atoms with Crippen molar-refractivity contribution in [3.8, 4) is 6.07 Å². The Balaban J connectivity index is 1.86. The zero-order chi connectivity index (χ0) is 14.9. The highest BCUT2D eigenvalue weighted by Crippen LogP contribution is 2.36. The van der Waals surface area contributed by atoms with Crippen LogP contribution in [0.15, 0.2) is 30.3 Å². The van der Waals surface area contributed by atoms with Crippen LogP contribution in [0.2, 0.25) is 0 Å². The molecule has 3 rings (SSSR count). The van der Waals surface area contributed by atoms with E-state index in [0.29, 0.717) is 5.56 Å². The quantitative estimate of drug-likeness (QED) is 0.935. The molecule has 0 amide bonds. The van der Waals surface area contributed by atoms with E-state index in [1.807, 2.05) is 30.3 Å². The summed E-state index contributed by atoms with van der Waals surface area (Å²) in [4.78, 5) is 6.93. The highest BCUT2D eigenvalue weighted by atomic mass is 15.2. The molecule has 0 spiro atoms. The van der Waals surface area contributed by atoms with Crippen molar-refractivity contribution in [2.75, 3.05) is 26.0 Å². The van der Waals surface area contributed by atoms with Crippen molar-refractivity contribution in [3.05, 3.63) is 35.9 Å². The zero-order valence-electron chi connectivity index (χ0n) is 12.6. The molecule has 1 aliphatic carbocycles. The van der Waals surface area contributed by atoms with Crippen LogP contribution in [0.25, 0.3) is 10.9 Å². The summed E-state index contributed by atoms with van der Waals surface area (Å²) < 4.78 is 0. The van der Waals surface area contributed by atoms with E-state index in [-0.39, 0.29) is 5.54 Å². The second-order valence-electron chi connectivity index (χ2n) is 6.01. The second-order valence-corrected chi connectivity index (χ2v) is 6.01. The molecule has 1 heterocycles. The average molecular weight is 280 g/mol. The number of pyridine rings is 1. The van der Waals surface area contributed by atoms with Crippen molar-refractivity contribution < 1.29 is 0 Å². The van der Waals surface area contributed by atoms with Crippen LogP contribution in [0, 0.1) is 11.3 Å². The lowest BCUT2D eigenvalue weighted by Crippen LogP contribution is -2.54. The van der Waals surface area contributed by atoms with Gasteiger partial charge < -0.3 is 10.2 Å². The number of benzene rings is 1. The van der Waals surface area contributed by atoms with Crippen LogP contribution in [0.4, 0.5) is 5.82 Å². The van der Waals surface area contributed by atoms with Crippen LogP contribution in [0.1, 0.15) is 24.8 Å². The van der Waals surface area contributed by atoms with Gasteiger partial charge in [0.05, 0.1) is 17.1 Å². The molecule has 4 nitrogen and oxygen atoms in total. The first-order chi connectivity index (χ1) is 10.1.